The molecule has 0 saturated heterocycles. The maximum absolute atomic E-state index is 6.15. The average Bonchev–Trinajstić information content (AvgIpc) is 2.27. The lowest BCUT2D eigenvalue weighted by atomic mass is 10.0. The van der Waals surface area contributed by atoms with Crippen molar-refractivity contribution >= 4 is 15.9 Å². The summed E-state index contributed by atoms with van der Waals surface area (Å²) in [6, 6.07) is 8.42. The van der Waals surface area contributed by atoms with Crippen molar-refractivity contribution in [3.05, 3.63) is 34.3 Å². The lowest BCUT2D eigenvalue weighted by Crippen LogP contribution is -2.24. The Hall–Kier alpha value is -0.380. The van der Waals surface area contributed by atoms with Gasteiger partial charge < -0.3 is 10.6 Å². The molecule has 0 heterocycles. The third-order valence-electron chi connectivity index (χ3n) is 2.73. The fraction of sp³-hybridized carbons (Fsp3) is 0.538. The minimum absolute atomic E-state index is 0.146. The molecule has 1 atom stereocenters. The van der Waals surface area contributed by atoms with E-state index in [0.29, 0.717) is 0 Å². The van der Waals surface area contributed by atoms with Gasteiger partial charge in [-0.15, -0.1) is 0 Å². The molecular formula is C13H21BrN2. The zero-order valence-corrected chi connectivity index (χ0v) is 11.7. The first-order valence-electron chi connectivity index (χ1n) is 5.83. The highest BCUT2D eigenvalue weighted by atomic mass is 79.9. The van der Waals surface area contributed by atoms with E-state index >= 15 is 0 Å². The summed E-state index contributed by atoms with van der Waals surface area (Å²) in [5.41, 5.74) is 7.36. The molecule has 0 aliphatic heterocycles. The van der Waals surface area contributed by atoms with Crippen molar-refractivity contribution in [2.24, 2.45) is 5.73 Å². The average molecular weight is 285 g/mol. The molecule has 1 aromatic carbocycles. The number of hydrogen-bond donors (Lipinski definition) is 1. The maximum atomic E-state index is 6.15. The van der Waals surface area contributed by atoms with E-state index in [0.717, 1.165) is 24.0 Å². The zero-order valence-electron chi connectivity index (χ0n) is 10.1. The fourth-order valence-electron chi connectivity index (χ4n) is 1.73. The van der Waals surface area contributed by atoms with Crippen molar-refractivity contribution in [3.8, 4) is 0 Å². The molecule has 0 aromatic heterocycles. The van der Waals surface area contributed by atoms with Crippen LogP contribution in [0.15, 0.2) is 28.7 Å². The summed E-state index contributed by atoms with van der Waals surface area (Å²) in [7, 11) is 2.15. The topological polar surface area (TPSA) is 29.3 Å². The highest BCUT2D eigenvalue weighted by molar-refractivity contribution is 9.10. The Morgan fingerprint density at radius 2 is 1.88 bits per heavy atom. The predicted molar refractivity (Wildman–Crippen MR) is 73.5 cm³/mol. The van der Waals surface area contributed by atoms with Crippen LogP contribution in [0.1, 0.15) is 31.4 Å². The summed E-state index contributed by atoms with van der Waals surface area (Å²) in [5, 5.41) is 0. The van der Waals surface area contributed by atoms with Gasteiger partial charge in [-0.3, -0.25) is 0 Å². The molecule has 1 unspecified atom stereocenters. The molecule has 0 radical (unpaired) electrons. The molecule has 16 heavy (non-hydrogen) atoms. The number of hydrogen-bond acceptors (Lipinski definition) is 2. The second-order valence-corrected chi connectivity index (χ2v) is 5.17. The summed E-state index contributed by atoms with van der Waals surface area (Å²) >= 11 is 3.43. The summed E-state index contributed by atoms with van der Waals surface area (Å²) in [6.07, 6.45) is 2.21. The Kier molecular flexibility index (Phi) is 6.03. The van der Waals surface area contributed by atoms with E-state index in [4.69, 9.17) is 5.73 Å². The van der Waals surface area contributed by atoms with E-state index in [2.05, 4.69) is 46.9 Å². The van der Waals surface area contributed by atoms with Crippen LogP contribution in [0.2, 0.25) is 0 Å². The monoisotopic (exact) mass is 284 g/mol. The van der Waals surface area contributed by atoms with Crippen molar-refractivity contribution in [2.45, 2.75) is 25.8 Å². The van der Waals surface area contributed by atoms with Crippen LogP contribution >= 0.6 is 15.9 Å². The van der Waals surface area contributed by atoms with Gasteiger partial charge in [-0.05, 0) is 50.7 Å². The molecule has 3 heteroatoms. The molecule has 0 amide bonds. The van der Waals surface area contributed by atoms with Crippen molar-refractivity contribution in [1.29, 1.82) is 0 Å². The van der Waals surface area contributed by atoms with Gasteiger partial charge in [-0.1, -0.05) is 35.0 Å². The molecule has 2 nitrogen and oxygen atoms in total. The Morgan fingerprint density at radius 1 is 1.25 bits per heavy atom. The van der Waals surface area contributed by atoms with E-state index in [1.54, 1.807) is 0 Å². The molecular weight excluding hydrogens is 264 g/mol. The minimum Gasteiger partial charge on any atom is -0.324 e. The van der Waals surface area contributed by atoms with Gasteiger partial charge in [0.1, 0.15) is 0 Å². The molecule has 1 aromatic rings. The quantitative estimate of drug-likeness (QED) is 0.869. The van der Waals surface area contributed by atoms with Gasteiger partial charge in [-0.25, -0.2) is 0 Å². The second-order valence-electron chi connectivity index (χ2n) is 4.25. The van der Waals surface area contributed by atoms with Gasteiger partial charge in [0.25, 0.3) is 0 Å². The van der Waals surface area contributed by atoms with Gasteiger partial charge in [0.05, 0.1) is 0 Å². The highest BCUT2D eigenvalue weighted by Crippen LogP contribution is 2.17. The van der Waals surface area contributed by atoms with Crippen LogP contribution in [0, 0.1) is 0 Å². The first-order chi connectivity index (χ1) is 7.63. The summed E-state index contributed by atoms with van der Waals surface area (Å²) in [5.74, 6) is 0. The van der Waals surface area contributed by atoms with Crippen molar-refractivity contribution < 1.29 is 0 Å². The normalized spacial score (nSPS) is 13.1. The van der Waals surface area contributed by atoms with Crippen LogP contribution in [-0.2, 0) is 0 Å². The summed E-state index contributed by atoms with van der Waals surface area (Å²) in [6.45, 7) is 4.41. The van der Waals surface area contributed by atoms with Gasteiger partial charge in [0.15, 0.2) is 0 Å². The molecule has 2 N–H and O–H groups in total. The van der Waals surface area contributed by atoms with Crippen LogP contribution in [0.5, 0.6) is 0 Å². The van der Waals surface area contributed by atoms with Gasteiger partial charge in [0, 0.05) is 10.5 Å². The Morgan fingerprint density at radius 3 is 2.44 bits per heavy atom. The first kappa shape index (κ1) is 13.7. The van der Waals surface area contributed by atoms with E-state index in [9.17, 15) is 0 Å². The largest absolute Gasteiger partial charge is 0.324 e. The lowest BCUT2D eigenvalue weighted by Gasteiger charge is -2.18. The van der Waals surface area contributed by atoms with Crippen LogP contribution in [0.25, 0.3) is 0 Å². The van der Waals surface area contributed by atoms with Crippen LogP contribution in [0.4, 0.5) is 0 Å². The fourth-order valence-corrected chi connectivity index (χ4v) is 1.99. The van der Waals surface area contributed by atoms with Gasteiger partial charge in [0.2, 0.25) is 0 Å². The van der Waals surface area contributed by atoms with E-state index in [1.165, 1.54) is 12.0 Å². The van der Waals surface area contributed by atoms with E-state index < -0.39 is 0 Å². The van der Waals surface area contributed by atoms with Crippen LogP contribution in [-0.4, -0.2) is 25.0 Å². The summed E-state index contributed by atoms with van der Waals surface area (Å²) < 4.78 is 1.10. The molecule has 0 aliphatic rings. The Bertz CT molecular complexity index is 297. The highest BCUT2D eigenvalue weighted by Gasteiger charge is 2.06. The van der Waals surface area contributed by atoms with E-state index in [-0.39, 0.29) is 6.04 Å². The third-order valence-corrected chi connectivity index (χ3v) is 3.25. The molecule has 0 saturated carbocycles. The maximum Gasteiger partial charge on any atom is 0.0307 e. The molecule has 0 spiro atoms. The Balaban J connectivity index is 2.40. The summed E-state index contributed by atoms with van der Waals surface area (Å²) in [4.78, 5) is 2.33. The smallest absolute Gasteiger partial charge is 0.0307 e. The van der Waals surface area contributed by atoms with Crippen molar-refractivity contribution in [1.82, 2.24) is 4.90 Å². The predicted octanol–water partition coefficient (Wildman–Crippen LogP) is 3.18. The number of nitrogens with zero attached hydrogens (tertiary/aromatic N) is 1. The minimum atomic E-state index is 0.146. The van der Waals surface area contributed by atoms with Crippen LogP contribution < -0.4 is 5.73 Å². The molecule has 0 fully saturated rings. The van der Waals surface area contributed by atoms with E-state index in [1.807, 2.05) is 12.1 Å². The SMILES string of the molecule is CCCN(C)CCC(N)c1ccc(Br)cc1. The molecule has 1 rings (SSSR count). The lowest BCUT2D eigenvalue weighted by molar-refractivity contribution is 0.319. The Labute approximate surface area is 107 Å². The van der Waals surface area contributed by atoms with Gasteiger partial charge in [-0.2, -0.15) is 0 Å². The molecule has 90 valence electrons. The second kappa shape index (κ2) is 7.05. The first-order valence-corrected chi connectivity index (χ1v) is 6.62. The molecule has 0 bridgehead atoms. The number of rotatable bonds is 6. The molecule has 0 aliphatic carbocycles. The zero-order chi connectivity index (χ0) is 12.0. The number of nitrogens with two attached hydrogens (primary N) is 1. The number of benzene rings is 1. The van der Waals surface area contributed by atoms with Crippen molar-refractivity contribution in [3.63, 3.8) is 0 Å². The van der Waals surface area contributed by atoms with Crippen molar-refractivity contribution in [2.75, 3.05) is 20.1 Å². The van der Waals surface area contributed by atoms with Gasteiger partial charge >= 0.3 is 0 Å². The van der Waals surface area contributed by atoms with Crippen LogP contribution in [0.3, 0.4) is 0 Å². The standard InChI is InChI=1S/C13H21BrN2/c1-3-9-16(2)10-8-13(15)11-4-6-12(14)7-5-11/h4-7,13H,3,8-10,15H2,1-2H3. The third kappa shape index (κ3) is 4.64. The number of halogens is 1.